The third kappa shape index (κ3) is 8.15. The molecule has 3 rings (SSSR count). The first-order valence-corrected chi connectivity index (χ1v) is 15.0. The summed E-state index contributed by atoms with van der Waals surface area (Å²) >= 11 is 18.1. The van der Waals surface area contributed by atoms with E-state index in [1.165, 1.54) is 42.5 Å². The molecule has 2 N–H and O–H groups in total. The standard InChI is InChI=1S/C24H24Cl3N3O5S2/c1-17-2-8-21(9-3-17)36(32,33)29-13-12-28-24(31)16-30(15-18-4-5-20(26)14-23(18)27)37(34,35)22-10-6-19(25)7-11-22/h2-11,14,29H,12-13,15-16H2,1H3,(H,28,31). The molecule has 0 aliphatic rings. The van der Waals surface area contributed by atoms with Gasteiger partial charge in [-0.3, -0.25) is 4.79 Å². The van der Waals surface area contributed by atoms with E-state index in [0.29, 0.717) is 15.6 Å². The van der Waals surface area contributed by atoms with Gasteiger partial charge in [-0.05, 0) is 61.0 Å². The molecule has 0 spiro atoms. The van der Waals surface area contributed by atoms with Crippen molar-refractivity contribution in [1.82, 2.24) is 14.3 Å². The molecule has 0 aromatic heterocycles. The number of aryl methyl sites for hydroxylation is 1. The van der Waals surface area contributed by atoms with Gasteiger partial charge in [0.25, 0.3) is 0 Å². The Morgan fingerprint density at radius 2 is 1.41 bits per heavy atom. The number of carbonyl (C=O) groups excluding carboxylic acids is 1. The number of hydrogen-bond donors (Lipinski definition) is 2. The van der Waals surface area contributed by atoms with Crippen molar-refractivity contribution >= 4 is 60.8 Å². The van der Waals surface area contributed by atoms with Crippen LogP contribution in [0.15, 0.2) is 76.5 Å². The molecule has 8 nitrogen and oxygen atoms in total. The molecular weight excluding hydrogens is 581 g/mol. The van der Waals surface area contributed by atoms with Crippen LogP contribution in [-0.4, -0.2) is 46.7 Å². The van der Waals surface area contributed by atoms with Gasteiger partial charge in [0.05, 0.1) is 16.3 Å². The van der Waals surface area contributed by atoms with E-state index in [4.69, 9.17) is 34.8 Å². The zero-order valence-corrected chi connectivity index (χ0v) is 23.5. The molecule has 37 heavy (non-hydrogen) atoms. The lowest BCUT2D eigenvalue weighted by molar-refractivity contribution is -0.121. The zero-order valence-electron chi connectivity index (χ0n) is 19.6. The highest BCUT2D eigenvalue weighted by Crippen LogP contribution is 2.25. The van der Waals surface area contributed by atoms with Crippen LogP contribution in [0.4, 0.5) is 0 Å². The minimum absolute atomic E-state index is 0.0550. The average Bonchev–Trinajstić information content (AvgIpc) is 2.83. The molecule has 0 fully saturated rings. The molecule has 13 heteroatoms. The molecule has 0 aliphatic carbocycles. The van der Waals surface area contributed by atoms with Gasteiger partial charge >= 0.3 is 0 Å². The van der Waals surface area contributed by atoms with E-state index in [0.717, 1.165) is 9.87 Å². The summed E-state index contributed by atoms with van der Waals surface area (Å²) in [5, 5.41) is 3.53. The first kappa shape index (κ1) is 29.4. The van der Waals surface area contributed by atoms with Crippen LogP contribution in [0.3, 0.4) is 0 Å². The maximum atomic E-state index is 13.3. The van der Waals surface area contributed by atoms with E-state index in [-0.39, 0.29) is 34.4 Å². The topological polar surface area (TPSA) is 113 Å². The van der Waals surface area contributed by atoms with Crippen molar-refractivity contribution in [2.75, 3.05) is 19.6 Å². The van der Waals surface area contributed by atoms with Crippen LogP contribution in [0.25, 0.3) is 0 Å². The van der Waals surface area contributed by atoms with Crippen LogP contribution in [0.1, 0.15) is 11.1 Å². The lowest BCUT2D eigenvalue weighted by Gasteiger charge is -2.22. The van der Waals surface area contributed by atoms with Gasteiger partial charge < -0.3 is 5.32 Å². The second-order valence-electron chi connectivity index (χ2n) is 8.02. The van der Waals surface area contributed by atoms with Crippen molar-refractivity contribution in [2.45, 2.75) is 23.3 Å². The van der Waals surface area contributed by atoms with Gasteiger partial charge in [-0.15, -0.1) is 0 Å². The third-order valence-electron chi connectivity index (χ3n) is 5.20. The monoisotopic (exact) mass is 603 g/mol. The number of amides is 1. The minimum atomic E-state index is -4.12. The van der Waals surface area contributed by atoms with E-state index >= 15 is 0 Å². The highest BCUT2D eigenvalue weighted by molar-refractivity contribution is 7.89. The van der Waals surface area contributed by atoms with Gasteiger partial charge in [-0.1, -0.05) is 58.6 Å². The number of hydrogen-bond acceptors (Lipinski definition) is 5. The molecular formula is C24H24Cl3N3O5S2. The largest absolute Gasteiger partial charge is 0.354 e. The summed E-state index contributed by atoms with van der Waals surface area (Å²) < 4.78 is 54.9. The van der Waals surface area contributed by atoms with E-state index in [2.05, 4.69) is 10.0 Å². The van der Waals surface area contributed by atoms with Gasteiger partial charge in [0.2, 0.25) is 26.0 Å². The van der Waals surface area contributed by atoms with E-state index in [9.17, 15) is 21.6 Å². The molecule has 0 saturated carbocycles. The quantitative estimate of drug-likeness (QED) is 0.318. The van der Waals surface area contributed by atoms with Crippen molar-refractivity contribution in [3.8, 4) is 0 Å². The number of carbonyl (C=O) groups is 1. The molecule has 0 heterocycles. The van der Waals surface area contributed by atoms with Gasteiger partial charge in [0.15, 0.2) is 0 Å². The number of nitrogens with one attached hydrogen (secondary N) is 2. The van der Waals surface area contributed by atoms with Crippen LogP contribution < -0.4 is 10.0 Å². The van der Waals surface area contributed by atoms with E-state index in [1.807, 2.05) is 6.92 Å². The first-order chi connectivity index (χ1) is 17.4. The van der Waals surface area contributed by atoms with Gasteiger partial charge in [0.1, 0.15) is 0 Å². The molecule has 0 saturated heterocycles. The molecule has 3 aromatic carbocycles. The fourth-order valence-electron chi connectivity index (χ4n) is 3.23. The van der Waals surface area contributed by atoms with Crippen molar-refractivity contribution in [1.29, 1.82) is 0 Å². The number of benzene rings is 3. The predicted octanol–water partition coefficient (Wildman–Crippen LogP) is 4.24. The third-order valence-corrected chi connectivity index (χ3v) is 9.33. The van der Waals surface area contributed by atoms with Gasteiger partial charge in [-0.2, -0.15) is 4.31 Å². The highest BCUT2D eigenvalue weighted by atomic mass is 35.5. The second-order valence-corrected chi connectivity index (χ2v) is 13.0. The maximum Gasteiger partial charge on any atom is 0.243 e. The zero-order chi connectivity index (χ0) is 27.2. The highest BCUT2D eigenvalue weighted by Gasteiger charge is 2.27. The normalized spacial score (nSPS) is 12.0. The maximum absolute atomic E-state index is 13.3. The Bertz CT molecular complexity index is 1460. The molecule has 0 atom stereocenters. The van der Waals surface area contributed by atoms with Crippen LogP contribution in [0.2, 0.25) is 15.1 Å². The Morgan fingerprint density at radius 1 is 0.811 bits per heavy atom. The second kappa shape index (κ2) is 12.6. The Hall–Kier alpha value is -2.18. The summed E-state index contributed by atoms with van der Waals surface area (Å²) in [6, 6.07) is 16.5. The van der Waals surface area contributed by atoms with Crippen molar-refractivity contribution < 1.29 is 21.6 Å². The summed E-state index contributed by atoms with van der Waals surface area (Å²) in [6.45, 7) is 0.967. The lowest BCUT2D eigenvalue weighted by Crippen LogP contribution is -2.42. The van der Waals surface area contributed by atoms with Crippen LogP contribution >= 0.6 is 34.8 Å². The molecule has 1 amide bonds. The van der Waals surface area contributed by atoms with Crippen molar-refractivity contribution in [2.24, 2.45) is 0 Å². The summed E-state index contributed by atoms with van der Waals surface area (Å²) in [4.78, 5) is 12.7. The molecule has 0 aliphatic heterocycles. The number of rotatable bonds is 11. The molecule has 3 aromatic rings. The lowest BCUT2D eigenvalue weighted by atomic mass is 10.2. The average molecular weight is 605 g/mol. The molecule has 0 bridgehead atoms. The Kier molecular flexibility index (Phi) is 9.99. The molecule has 0 radical (unpaired) electrons. The van der Waals surface area contributed by atoms with Gasteiger partial charge in [0, 0.05) is 34.7 Å². The number of halogens is 3. The van der Waals surface area contributed by atoms with Crippen LogP contribution in [-0.2, 0) is 31.4 Å². The molecule has 0 unspecified atom stereocenters. The number of sulfonamides is 2. The summed E-state index contributed by atoms with van der Waals surface area (Å²) in [5.74, 6) is -0.628. The predicted molar refractivity (Wildman–Crippen MR) is 145 cm³/mol. The van der Waals surface area contributed by atoms with Gasteiger partial charge in [-0.25, -0.2) is 21.6 Å². The Balaban J connectivity index is 1.69. The van der Waals surface area contributed by atoms with Crippen molar-refractivity contribution in [3.05, 3.63) is 92.9 Å². The van der Waals surface area contributed by atoms with Crippen LogP contribution in [0.5, 0.6) is 0 Å². The summed E-state index contributed by atoms with van der Waals surface area (Å²) in [7, 11) is -7.87. The minimum Gasteiger partial charge on any atom is -0.354 e. The summed E-state index contributed by atoms with van der Waals surface area (Å²) in [6.07, 6.45) is 0. The van der Waals surface area contributed by atoms with Crippen LogP contribution in [0, 0.1) is 6.92 Å². The van der Waals surface area contributed by atoms with Crippen molar-refractivity contribution in [3.63, 3.8) is 0 Å². The SMILES string of the molecule is Cc1ccc(S(=O)(=O)NCCNC(=O)CN(Cc2ccc(Cl)cc2Cl)S(=O)(=O)c2ccc(Cl)cc2)cc1. The molecule has 198 valence electrons. The Morgan fingerprint density at radius 3 is 2.03 bits per heavy atom. The summed E-state index contributed by atoms with van der Waals surface area (Å²) in [5.41, 5.74) is 1.37. The first-order valence-electron chi connectivity index (χ1n) is 10.9. The Labute approximate surface area is 231 Å². The van der Waals surface area contributed by atoms with E-state index < -0.39 is 32.5 Å². The smallest absolute Gasteiger partial charge is 0.243 e. The fourth-order valence-corrected chi connectivity index (χ4v) is 6.23. The van der Waals surface area contributed by atoms with E-state index in [1.54, 1.807) is 24.3 Å². The fraction of sp³-hybridized carbons (Fsp3) is 0.208. The number of nitrogens with zero attached hydrogens (tertiary/aromatic N) is 1.